The first-order valence-electron chi connectivity index (χ1n) is 6.41. The van der Waals surface area contributed by atoms with E-state index in [0.29, 0.717) is 10.2 Å². The van der Waals surface area contributed by atoms with E-state index in [2.05, 4.69) is 21.2 Å². The molecule has 2 aromatic carbocycles. The van der Waals surface area contributed by atoms with Gasteiger partial charge in [-0.1, -0.05) is 18.2 Å². The summed E-state index contributed by atoms with van der Waals surface area (Å²) in [6, 6.07) is 13.4. The summed E-state index contributed by atoms with van der Waals surface area (Å²) < 4.78 is 26.0. The highest BCUT2D eigenvalue weighted by Gasteiger charge is 2.22. The molecule has 0 saturated carbocycles. The minimum Gasteiger partial charge on any atom is -0.322 e. The molecule has 0 saturated heterocycles. The molecule has 0 aliphatic carbocycles. The molecule has 0 heterocycles. The fourth-order valence-electron chi connectivity index (χ4n) is 1.76. The Bertz CT molecular complexity index is 790. The van der Waals surface area contributed by atoms with Gasteiger partial charge in [-0.05, 0) is 46.3 Å². The van der Waals surface area contributed by atoms with E-state index in [0.717, 1.165) is 4.31 Å². The van der Waals surface area contributed by atoms with Gasteiger partial charge >= 0.3 is 0 Å². The topological polar surface area (TPSA) is 66.5 Å². The van der Waals surface area contributed by atoms with Crippen molar-refractivity contribution >= 4 is 37.5 Å². The molecule has 0 bridgehead atoms. The van der Waals surface area contributed by atoms with Crippen LogP contribution in [0.2, 0.25) is 0 Å². The molecule has 0 fully saturated rings. The van der Waals surface area contributed by atoms with Crippen molar-refractivity contribution in [2.24, 2.45) is 0 Å². The number of para-hydroxylation sites is 1. The third-order valence-electron chi connectivity index (χ3n) is 2.98. The summed E-state index contributed by atoms with van der Waals surface area (Å²) in [7, 11) is -0.744. The van der Waals surface area contributed by atoms with Gasteiger partial charge in [-0.3, -0.25) is 4.79 Å². The number of sulfonamides is 1. The number of hydrogen-bond donors (Lipinski definition) is 1. The Balaban J connectivity index is 2.36. The number of nitrogens with zero attached hydrogens (tertiary/aromatic N) is 1. The van der Waals surface area contributed by atoms with Crippen molar-refractivity contribution in [3.63, 3.8) is 0 Å². The minimum absolute atomic E-state index is 0.0539. The van der Waals surface area contributed by atoms with E-state index in [1.54, 1.807) is 36.4 Å². The van der Waals surface area contributed by atoms with E-state index >= 15 is 0 Å². The summed E-state index contributed by atoms with van der Waals surface area (Å²) in [6.07, 6.45) is 0. The first-order chi connectivity index (χ1) is 10.3. The van der Waals surface area contributed by atoms with E-state index in [1.165, 1.54) is 20.2 Å². The highest BCUT2D eigenvalue weighted by atomic mass is 79.9. The van der Waals surface area contributed by atoms with Gasteiger partial charge in [0.25, 0.3) is 5.91 Å². The summed E-state index contributed by atoms with van der Waals surface area (Å²) >= 11 is 3.21. The molecule has 116 valence electrons. The fourth-order valence-corrected chi connectivity index (χ4v) is 3.61. The third kappa shape index (κ3) is 3.55. The van der Waals surface area contributed by atoms with E-state index in [1.807, 2.05) is 6.07 Å². The molecule has 0 aromatic heterocycles. The summed E-state index contributed by atoms with van der Waals surface area (Å²) in [6.45, 7) is 0. The van der Waals surface area contributed by atoms with Crippen LogP contribution in [-0.2, 0) is 10.0 Å². The van der Waals surface area contributed by atoms with Crippen LogP contribution in [0.1, 0.15) is 10.4 Å². The van der Waals surface area contributed by atoms with E-state index in [-0.39, 0.29) is 16.4 Å². The van der Waals surface area contributed by atoms with Gasteiger partial charge < -0.3 is 5.32 Å². The Hall–Kier alpha value is -1.70. The molecular weight excluding hydrogens is 368 g/mol. The summed E-state index contributed by atoms with van der Waals surface area (Å²) in [5.41, 5.74) is 0.917. The van der Waals surface area contributed by atoms with Crippen LogP contribution in [0.15, 0.2) is 57.9 Å². The number of nitrogens with one attached hydrogen (secondary N) is 1. The lowest BCUT2D eigenvalue weighted by Gasteiger charge is -2.14. The number of rotatable bonds is 4. The highest BCUT2D eigenvalue weighted by Crippen LogP contribution is 2.25. The van der Waals surface area contributed by atoms with Crippen molar-refractivity contribution in [3.05, 3.63) is 58.6 Å². The van der Waals surface area contributed by atoms with Crippen LogP contribution in [-0.4, -0.2) is 32.7 Å². The zero-order valence-electron chi connectivity index (χ0n) is 12.1. The molecule has 0 radical (unpaired) electrons. The van der Waals surface area contributed by atoms with Gasteiger partial charge in [-0.15, -0.1) is 0 Å². The number of benzene rings is 2. The Morgan fingerprint density at radius 1 is 1.09 bits per heavy atom. The molecule has 7 heteroatoms. The Labute approximate surface area is 138 Å². The molecule has 0 atom stereocenters. The molecule has 0 spiro atoms. The summed E-state index contributed by atoms with van der Waals surface area (Å²) in [5.74, 6) is -0.367. The van der Waals surface area contributed by atoms with Crippen LogP contribution in [0.3, 0.4) is 0 Å². The molecule has 1 N–H and O–H groups in total. The van der Waals surface area contributed by atoms with Gasteiger partial charge in [-0.25, -0.2) is 12.7 Å². The van der Waals surface area contributed by atoms with Crippen molar-refractivity contribution in [1.82, 2.24) is 4.31 Å². The molecule has 2 rings (SSSR count). The molecular formula is C15H15BrN2O3S. The number of halogens is 1. The monoisotopic (exact) mass is 382 g/mol. The maximum absolute atomic E-state index is 12.3. The van der Waals surface area contributed by atoms with Gasteiger partial charge in [0.2, 0.25) is 10.0 Å². The molecule has 0 aliphatic rings. The van der Waals surface area contributed by atoms with Gasteiger partial charge in [0.15, 0.2) is 0 Å². The second-order valence-corrected chi connectivity index (χ2v) is 7.73. The van der Waals surface area contributed by atoms with Crippen LogP contribution in [0.5, 0.6) is 0 Å². The van der Waals surface area contributed by atoms with Crippen LogP contribution in [0.4, 0.5) is 5.69 Å². The molecule has 0 aliphatic heterocycles. The quantitative estimate of drug-likeness (QED) is 0.883. The maximum atomic E-state index is 12.3. The van der Waals surface area contributed by atoms with E-state index < -0.39 is 10.0 Å². The maximum Gasteiger partial charge on any atom is 0.255 e. The van der Waals surface area contributed by atoms with Crippen LogP contribution >= 0.6 is 15.9 Å². The van der Waals surface area contributed by atoms with Crippen molar-refractivity contribution < 1.29 is 13.2 Å². The highest BCUT2D eigenvalue weighted by molar-refractivity contribution is 9.10. The zero-order valence-corrected chi connectivity index (χ0v) is 14.5. The molecule has 5 nitrogen and oxygen atoms in total. The number of hydrogen-bond acceptors (Lipinski definition) is 3. The van der Waals surface area contributed by atoms with Crippen molar-refractivity contribution in [3.8, 4) is 0 Å². The van der Waals surface area contributed by atoms with E-state index in [9.17, 15) is 13.2 Å². The predicted molar refractivity (Wildman–Crippen MR) is 89.4 cm³/mol. The SMILES string of the molecule is CN(C)S(=O)(=O)c1cc(C(=O)Nc2ccccc2)ccc1Br. The smallest absolute Gasteiger partial charge is 0.255 e. The normalized spacial score (nSPS) is 11.5. The lowest BCUT2D eigenvalue weighted by Crippen LogP contribution is -2.23. The zero-order chi connectivity index (χ0) is 16.3. The van der Waals surface area contributed by atoms with Crippen molar-refractivity contribution in [2.45, 2.75) is 4.90 Å². The molecule has 22 heavy (non-hydrogen) atoms. The Kier molecular flexibility index (Phi) is 5.00. The average molecular weight is 383 g/mol. The standard InChI is InChI=1S/C15H15BrN2O3S/c1-18(2)22(20,21)14-10-11(8-9-13(14)16)15(19)17-12-6-4-3-5-7-12/h3-10H,1-2H3,(H,17,19). The minimum atomic E-state index is -3.63. The van der Waals surface area contributed by atoms with Gasteiger partial charge in [0.05, 0.1) is 4.90 Å². The summed E-state index contributed by atoms with van der Waals surface area (Å²) in [4.78, 5) is 12.3. The number of carbonyl (C=O) groups is 1. The van der Waals surface area contributed by atoms with Crippen LogP contribution < -0.4 is 5.32 Å². The van der Waals surface area contributed by atoms with Crippen molar-refractivity contribution in [1.29, 1.82) is 0 Å². The predicted octanol–water partition coefficient (Wildman–Crippen LogP) is 2.95. The number of carbonyl (C=O) groups excluding carboxylic acids is 1. The van der Waals surface area contributed by atoms with Gasteiger partial charge in [0.1, 0.15) is 0 Å². The molecule has 2 aromatic rings. The van der Waals surface area contributed by atoms with Gasteiger partial charge in [-0.2, -0.15) is 0 Å². The van der Waals surface area contributed by atoms with Crippen molar-refractivity contribution in [2.75, 3.05) is 19.4 Å². The van der Waals surface area contributed by atoms with E-state index in [4.69, 9.17) is 0 Å². The molecule has 0 unspecified atom stereocenters. The third-order valence-corrected chi connectivity index (χ3v) is 5.79. The van der Waals surface area contributed by atoms with Crippen LogP contribution in [0.25, 0.3) is 0 Å². The molecule has 1 amide bonds. The number of anilines is 1. The second-order valence-electron chi connectivity index (χ2n) is 4.75. The lowest BCUT2D eigenvalue weighted by molar-refractivity contribution is 0.102. The first kappa shape index (κ1) is 16.7. The lowest BCUT2D eigenvalue weighted by atomic mass is 10.2. The Morgan fingerprint density at radius 3 is 2.32 bits per heavy atom. The van der Waals surface area contributed by atoms with Gasteiger partial charge in [0, 0.05) is 29.8 Å². The average Bonchev–Trinajstić information content (AvgIpc) is 2.48. The largest absolute Gasteiger partial charge is 0.322 e. The first-order valence-corrected chi connectivity index (χ1v) is 8.64. The summed E-state index contributed by atoms with van der Waals surface area (Å²) in [5, 5.41) is 2.72. The number of amides is 1. The second kappa shape index (κ2) is 6.60. The fraction of sp³-hybridized carbons (Fsp3) is 0.133. The van der Waals surface area contributed by atoms with Crippen LogP contribution in [0, 0.1) is 0 Å². The Morgan fingerprint density at radius 2 is 1.73 bits per heavy atom.